The van der Waals surface area contributed by atoms with Crippen molar-refractivity contribution in [3.63, 3.8) is 0 Å². The minimum atomic E-state index is -0.122. The maximum absolute atomic E-state index is 12.7. The zero-order chi connectivity index (χ0) is 19.2. The highest BCUT2D eigenvalue weighted by Gasteiger charge is 2.16. The van der Waals surface area contributed by atoms with Crippen LogP contribution in [-0.2, 0) is 12.8 Å². The molecule has 1 aliphatic rings. The molecule has 0 spiro atoms. The molecule has 0 bridgehead atoms. The zero-order valence-corrected chi connectivity index (χ0v) is 16.5. The van der Waals surface area contributed by atoms with Crippen LogP contribution in [0.5, 0.6) is 11.5 Å². The molecule has 4 nitrogen and oxygen atoms in total. The fourth-order valence-corrected chi connectivity index (χ4v) is 3.58. The maximum Gasteiger partial charge on any atom is 0.251 e. The number of rotatable bonds is 7. The molecular weight excluding hydrogens is 338 g/mol. The van der Waals surface area contributed by atoms with Gasteiger partial charge in [-0.3, -0.25) is 4.79 Å². The van der Waals surface area contributed by atoms with Gasteiger partial charge in [0.05, 0.1) is 19.3 Å². The van der Waals surface area contributed by atoms with Crippen LogP contribution in [0.3, 0.4) is 0 Å². The molecule has 0 saturated heterocycles. The monoisotopic (exact) mass is 367 g/mol. The van der Waals surface area contributed by atoms with Crippen LogP contribution in [-0.4, -0.2) is 19.1 Å². The van der Waals surface area contributed by atoms with Gasteiger partial charge in [-0.15, -0.1) is 0 Å². The number of hydrogen-bond donors (Lipinski definition) is 1. The molecular formula is C23H29NO3. The number of fused-ring (bicyclic) bond motifs is 1. The highest BCUT2D eigenvalue weighted by molar-refractivity contribution is 5.94. The Morgan fingerprint density at radius 2 is 1.67 bits per heavy atom. The van der Waals surface area contributed by atoms with Crippen molar-refractivity contribution in [3.05, 3.63) is 58.7 Å². The summed E-state index contributed by atoms with van der Waals surface area (Å²) in [5.41, 5.74) is 4.44. The molecule has 1 amide bonds. The summed E-state index contributed by atoms with van der Waals surface area (Å²) < 4.78 is 11.3. The van der Waals surface area contributed by atoms with Crippen molar-refractivity contribution in [1.82, 2.24) is 5.32 Å². The fraction of sp³-hybridized carbons (Fsp3) is 0.435. The Balaban J connectivity index is 1.73. The minimum absolute atomic E-state index is 0.0391. The predicted molar refractivity (Wildman–Crippen MR) is 108 cm³/mol. The molecule has 3 rings (SSSR count). The van der Waals surface area contributed by atoms with Gasteiger partial charge < -0.3 is 14.8 Å². The second kappa shape index (κ2) is 8.94. The first-order valence-electron chi connectivity index (χ1n) is 9.94. The maximum atomic E-state index is 12.7. The first-order chi connectivity index (χ1) is 13.1. The highest BCUT2D eigenvalue weighted by atomic mass is 16.5. The highest BCUT2D eigenvalue weighted by Crippen LogP contribution is 2.31. The van der Waals surface area contributed by atoms with E-state index < -0.39 is 0 Å². The van der Waals surface area contributed by atoms with Gasteiger partial charge in [-0.25, -0.2) is 0 Å². The Hall–Kier alpha value is -2.49. The minimum Gasteiger partial charge on any atom is -0.490 e. The number of carbonyl (C=O) groups is 1. The van der Waals surface area contributed by atoms with Crippen molar-refractivity contribution in [1.29, 1.82) is 0 Å². The zero-order valence-electron chi connectivity index (χ0n) is 16.5. The van der Waals surface area contributed by atoms with Crippen LogP contribution in [0.2, 0.25) is 0 Å². The van der Waals surface area contributed by atoms with E-state index in [9.17, 15) is 4.79 Å². The molecule has 0 aliphatic heterocycles. The van der Waals surface area contributed by atoms with Crippen molar-refractivity contribution >= 4 is 5.91 Å². The molecule has 0 fully saturated rings. The molecule has 1 aliphatic carbocycles. The summed E-state index contributed by atoms with van der Waals surface area (Å²) in [7, 11) is 0. The second-order valence-electron chi connectivity index (χ2n) is 6.96. The number of aryl methyl sites for hydroxylation is 2. The third-order valence-electron chi connectivity index (χ3n) is 5.03. The van der Waals surface area contributed by atoms with E-state index in [4.69, 9.17) is 9.47 Å². The number of amides is 1. The lowest BCUT2D eigenvalue weighted by Crippen LogP contribution is -2.27. The molecule has 2 aromatic carbocycles. The molecule has 0 unspecified atom stereocenters. The van der Waals surface area contributed by atoms with Crippen LogP contribution < -0.4 is 14.8 Å². The molecule has 1 N–H and O–H groups in total. The van der Waals surface area contributed by atoms with Crippen molar-refractivity contribution in [2.45, 2.75) is 52.5 Å². The third-order valence-corrected chi connectivity index (χ3v) is 5.03. The van der Waals surface area contributed by atoms with Crippen LogP contribution in [0.1, 0.15) is 66.7 Å². The number of benzene rings is 2. The molecule has 2 aromatic rings. The summed E-state index contributed by atoms with van der Waals surface area (Å²) in [5, 5.41) is 3.10. The summed E-state index contributed by atoms with van der Waals surface area (Å²) >= 11 is 0. The van der Waals surface area contributed by atoms with Crippen LogP contribution >= 0.6 is 0 Å². The van der Waals surface area contributed by atoms with Gasteiger partial charge in [-0.05, 0) is 87.4 Å². The van der Waals surface area contributed by atoms with Gasteiger partial charge in [0, 0.05) is 5.56 Å². The first-order valence-corrected chi connectivity index (χ1v) is 9.94. The molecule has 0 saturated carbocycles. The van der Waals surface area contributed by atoms with Crippen molar-refractivity contribution in [3.8, 4) is 11.5 Å². The van der Waals surface area contributed by atoms with Crippen molar-refractivity contribution in [2.24, 2.45) is 0 Å². The third kappa shape index (κ3) is 4.62. The predicted octanol–water partition coefficient (Wildman–Crippen LogP) is 4.85. The number of carbonyl (C=O) groups excluding carboxylic acids is 1. The molecule has 27 heavy (non-hydrogen) atoms. The van der Waals surface area contributed by atoms with E-state index in [0.29, 0.717) is 19.0 Å². The summed E-state index contributed by atoms with van der Waals surface area (Å²) in [6, 6.07) is 11.8. The Labute approximate surface area is 161 Å². The summed E-state index contributed by atoms with van der Waals surface area (Å²) in [6.45, 7) is 7.04. The van der Waals surface area contributed by atoms with Crippen LogP contribution in [0, 0.1) is 0 Å². The quantitative estimate of drug-likeness (QED) is 0.761. The Morgan fingerprint density at radius 1 is 0.963 bits per heavy atom. The lowest BCUT2D eigenvalue weighted by atomic mass is 9.90. The molecule has 0 aromatic heterocycles. The van der Waals surface area contributed by atoms with Gasteiger partial charge in [0.25, 0.3) is 5.91 Å². The standard InChI is InChI=1S/C23H29NO3/c1-4-26-21-13-12-18(15-22(21)27-5-2)16(3)24-23(25)20-11-10-17-8-6-7-9-19(17)14-20/h10-16H,4-9H2,1-3H3,(H,24,25)/t16-/m1/s1. The van der Waals surface area contributed by atoms with Gasteiger partial charge in [0.2, 0.25) is 0 Å². The smallest absolute Gasteiger partial charge is 0.251 e. The van der Waals surface area contributed by atoms with Crippen molar-refractivity contribution in [2.75, 3.05) is 13.2 Å². The van der Waals surface area contributed by atoms with E-state index in [1.807, 2.05) is 45.0 Å². The summed E-state index contributed by atoms with van der Waals surface area (Å²) in [6.07, 6.45) is 4.65. The van der Waals surface area contributed by atoms with E-state index >= 15 is 0 Å². The van der Waals surface area contributed by atoms with Crippen LogP contribution in [0.4, 0.5) is 0 Å². The van der Waals surface area contributed by atoms with E-state index in [1.54, 1.807) is 0 Å². The van der Waals surface area contributed by atoms with Crippen molar-refractivity contribution < 1.29 is 14.3 Å². The average Bonchev–Trinajstić information content (AvgIpc) is 2.69. The van der Waals surface area contributed by atoms with Crippen LogP contribution in [0.25, 0.3) is 0 Å². The first kappa shape index (κ1) is 19.3. The van der Waals surface area contributed by atoms with E-state index in [0.717, 1.165) is 29.7 Å². The Kier molecular flexibility index (Phi) is 6.38. The average molecular weight is 367 g/mol. The lowest BCUT2D eigenvalue weighted by molar-refractivity contribution is 0.0939. The lowest BCUT2D eigenvalue weighted by Gasteiger charge is -2.19. The molecule has 1 atom stereocenters. The van der Waals surface area contributed by atoms with Gasteiger partial charge in [-0.2, -0.15) is 0 Å². The number of hydrogen-bond acceptors (Lipinski definition) is 3. The molecule has 0 radical (unpaired) electrons. The van der Waals surface area contributed by atoms with Gasteiger partial charge in [0.1, 0.15) is 0 Å². The normalized spacial score (nSPS) is 14.2. The SMILES string of the molecule is CCOc1ccc([C@@H](C)NC(=O)c2ccc3c(c2)CCCC3)cc1OCC. The molecule has 144 valence electrons. The Bertz CT molecular complexity index is 800. The van der Waals surface area contributed by atoms with Gasteiger partial charge in [0.15, 0.2) is 11.5 Å². The van der Waals surface area contributed by atoms with E-state index in [2.05, 4.69) is 17.4 Å². The second-order valence-corrected chi connectivity index (χ2v) is 6.96. The Morgan fingerprint density at radius 3 is 2.41 bits per heavy atom. The van der Waals surface area contributed by atoms with Crippen LogP contribution in [0.15, 0.2) is 36.4 Å². The number of ether oxygens (including phenoxy) is 2. The van der Waals surface area contributed by atoms with Gasteiger partial charge >= 0.3 is 0 Å². The van der Waals surface area contributed by atoms with E-state index in [-0.39, 0.29) is 11.9 Å². The van der Waals surface area contributed by atoms with E-state index in [1.165, 1.54) is 24.0 Å². The summed E-state index contributed by atoms with van der Waals surface area (Å²) in [4.78, 5) is 12.7. The largest absolute Gasteiger partial charge is 0.490 e. The molecule has 0 heterocycles. The fourth-order valence-electron chi connectivity index (χ4n) is 3.58. The molecule has 4 heteroatoms. The topological polar surface area (TPSA) is 47.6 Å². The number of nitrogens with one attached hydrogen (secondary N) is 1. The van der Waals surface area contributed by atoms with Gasteiger partial charge in [-0.1, -0.05) is 12.1 Å². The summed E-state index contributed by atoms with van der Waals surface area (Å²) in [5.74, 6) is 1.41.